The number of carbonyl (C=O) groups excluding carboxylic acids is 2. The van der Waals surface area contributed by atoms with E-state index in [1.54, 1.807) is 0 Å². The van der Waals surface area contributed by atoms with Crippen LogP contribution in [0, 0.1) is 5.92 Å². The lowest BCUT2D eigenvalue weighted by molar-refractivity contribution is -0.150. The second-order valence-corrected chi connectivity index (χ2v) is 16.1. The van der Waals surface area contributed by atoms with Gasteiger partial charge in [-0.25, -0.2) is 0 Å². The van der Waals surface area contributed by atoms with Gasteiger partial charge in [0.1, 0.15) is 12.5 Å². The van der Waals surface area contributed by atoms with E-state index in [2.05, 4.69) is 0 Å². The Morgan fingerprint density at radius 3 is 1.85 bits per heavy atom. The van der Waals surface area contributed by atoms with E-state index in [4.69, 9.17) is 9.53 Å². The van der Waals surface area contributed by atoms with Gasteiger partial charge in [-0.15, -0.1) is 0 Å². The molecule has 0 saturated heterocycles. The molecule has 8 heteroatoms. The normalized spacial score (nSPS) is 13.6. The molecule has 0 saturated carbocycles. The van der Waals surface area contributed by atoms with Crippen molar-refractivity contribution in [2.45, 2.75) is 46.2 Å². The molecule has 0 aliphatic carbocycles. The molecule has 0 radical (unpaired) electrons. The Balaban J connectivity index is 5.07. The lowest BCUT2D eigenvalue weighted by Crippen LogP contribution is -2.55. The van der Waals surface area contributed by atoms with Crippen LogP contribution >= 0.6 is 0 Å². The number of aliphatic carboxylic acids is 1. The minimum Gasteiger partial charge on any atom is -0.519 e. The first-order valence-corrected chi connectivity index (χ1v) is 13.4. The van der Waals surface area contributed by atoms with Gasteiger partial charge in [-0.05, 0) is 26.6 Å². The van der Waals surface area contributed by atoms with Crippen molar-refractivity contribution in [1.82, 2.24) is 4.57 Å². The van der Waals surface area contributed by atoms with Gasteiger partial charge in [-0.2, -0.15) is 0 Å². The first kappa shape index (κ1) is 18.8. The number of carboxylic acid groups (broad SMARTS) is 1. The number of rotatable bonds is 6. The summed E-state index contributed by atoms with van der Waals surface area (Å²) in [6.45, 7) is 12.5. The molecule has 20 heavy (non-hydrogen) atoms. The fourth-order valence-electron chi connectivity index (χ4n) is 1.49. The third kappa shape index (κ3) is 6.33. The number of amides is 1. The van der Waals surface area contributed by atoms with Gasteiger partial charge in [0, 0.05) is 0 Å². The van der Waals surface area contributed by atoms with Crippen molar-refractivity contribution in [2.24, 2.45) is 5.92 Å². The molecular formula is C12H25NO5Si2. The van der Waals surface area contributed by atoms with Crippen molar-refractivity contribution in [1.29, 1.82) is 0 Å². The molecule has 0 aliphatic rings. The predicted octanol–water partition coefficient (Wildman–Crippen LogP) is 1.75. The fraction of sp³-hybridized carbons (Fsp3) is 0.750. The van der Waals surface area contributed by atoms with Crippen LogP contribution in [0.3, 0.4) is 0 Å². The predicted molar refractivity (Wildman–Crippen MR) is 81.3 cm³/mol. The molecule has 116 valence electrons. The lowest BCUT2D eigenvalue weighted by Gasteiger charge is -2.35. The fourth-order valence-corrected chi connectivity index (χ4v) is 3.69. The van der Waals surface area contributed by atoms with Gasteiger partial charge in [0.25, 0.3) is 0 Å². The third-order valence-corrected chi connectivity index (χ3v) is 5.36. The average molecular weight is 320 g/mol. The van der Waals surface area contributed by atoms with E-state index in [0.717, 1.165) is 0 Å². The summed E-state index contributed by atoms with van der Waals surface area (Å²) >= 11 is 0. The number of carbonyl (C=O) groups is 3. The molecule has 1 atom stereocenters. The molecule has 6 nitrogen and oxygen atoms in total. The topological polar surface area (TPSA) is 83.9 Å². The van der Waals surface area contributed by atoms with Gasteiger partial charge in [-0.3, -0.25) is 14.4 Å². The van der Waals surface area contributed by atoms with Crippen molar-refractivity contribution in [2.75, 3.05) is 6.54 Å². The molecule has 1 unspecified atom stereocenters. The van der Waals surface area contributed by atoms with E-state index in [1.165, 1.54) is 11.5 Å². The molecule has 0 aromatic rings. The highest BCUT2D eigenvalue weighted by Gasteiger charge is 2.36. The van der Waals surface area contributed by atoms with Crippen LogP contribution in [0.5, 0.6) is 0 Å². The number of nitrogens with zero attached hydrogens (tertiary/aromatic N) is 1. The van der Waals surface area contributed by atoms with Crippen molar-refractivity contribution in [3.8, 4) is 0 Å². The smallest absolute Gasteiger partial charge is 0.315 e. The van der Waals surface area contributed by atoms with Crippen molar-refractivity contribution in [3.05, 3.63) is 0 Å². The highest BCUT2D eigenvalue weighted by Crippen LogP contribution is 2.15. The first-order chi connectivity index (χ1) is 8.75. The summed E-state index contributed by atoms with van der Waals surface area (Å²) in [5.74, 6) is -3.32. The summed E-state index contributed by atoms with van der Waals surface area (Å²) in [5, 5.41) is 8.95. The second kappa shape index (κ2) is 6.53. The molecule has 0 aromatic heterocycles. The maximum Gasteiger partial charge on any atom is 0.315 e. The minimum absolute atomic E-state index is 0.170. The molecule has 0 spiro atoms. The Kier molecular flexibility index (Phi) is 6.15. The van der Waals surface area contributed by atoms with Gasteiger partial charge in [0.2, 0.25) is 14.2 Å². The van der Waals surface area contributed by atoms with Gasteiger partial charge >= 0.3 is 11.9 Å². The molecule has 1 amide bonds. The molecule has 0 aliphatic heterocycles. The van der Waals surface area contributed by atoms with Crippen LogP contribution in [0.15, 0.2) is 0 Å². The van der Waals surface area contributed by atoms with Gasteiger partial charge in [-0.1, -0.05) is 19.6 Å². The summed E-state index contributed by atoms with van der Waals surface area (Å²) in [7, 11) is -4.18. The van der Waals surface area contributed by atoms with Crippen molar-refractivity contribution < 1.29 is 23.9 Å². The Hall–Kier alpha value is -1.16. The standard InChI is InChI=1S/C12H25NO5Si2/c1-9(12(16)17)11(15)13(19(2,3)4)8-10(14)18-20(5,6)7/h9H,8H2,1-7H3,(H,16,17). The van der Waals surface area contributed by atoms with E-state index < -0.39 is 40.3 Å². The Morgan fingerprint density at radius 2 is 1.55 bits per heavy atom. The molecule has 0 aromatic carbocycles. The van der Waals surface area contributed by atoms with Crippen LogP contribution in [0.4, 0.5) is 0 Å². The summed E-state index contributed by atoms with van der Waals surface area (Å²) in [5.41, 5.74) is 0. The van der Waals surface area contributed by atoms with E-state index >= 15 is 0 Å². The number of carboxylic acids is 1. The van der Waals surface area contributed by atoms with E-state index in [-0.39, 0.29) is 6.54 Å². The van der Waals surface area contributed by atoms with Crippen LogP contribution < -0.4 is 0 Å². The number of hydrogen-bond acceptors (Lipinski definition) is 4. The summed E-state index contributed by atoms with van der Waals surface area (Å²) in [4.78, 5) is 35.1. The Morgan fingerprint density at radius 1 is 1.10 bits per heavy atom. The van der Waals surface area contributed by atoms with Gasteiger partial charge < -0.3 is 14.1 Å². The van der Waals surface area contributed by atoms with Crippen molar-refractivity contribution >= 4 is 34.4 Å². The molecule has 0 bridgehead atoms. The highest BCUT2D eigenvalue weighted by molar-refractivity contribution is 6.76. The van der Waals surface area contributed by atoms with Crippen molar-refractivity contribution in [3.63, 3.8) is 0 Å². The number of hydrogen-bond donors (Lipinski definition) is 1. The monoisotopic (exact) mass is 319 g/mol. The van der Waals surface area contributed by atoms with Gasteiger partial charge in [0.05, 0.1) is 0 Å². The third-order valence-electron chi connectivity index (χ3n) is 2.52. The second-order valence-electron chi connectivity index (χ2n) is 6.74. The Labute approximate surface area is 122 Å². The molecule has 1 N–H and O–H groups in total. The zero-order chi connectivity index (χ0) is 16.3. The summed E-state index contributed by atoms with van der Waals surface area (Å²) in [6, 6.07) is 0. The van der Waals surface area contributed by atoms with Crippen LogP contribution in [0.2, 0.25) is 39.3 Å². The highest BCUT2D eigenvalue weighted by atomic mass is 28.4. The van der Waals surface area contributed by atoms with Crippen LogP contribution in [0.1, 0.15) is 6.92 Å². The maximum absolute atomic E-state index is 12.2. The summed E-state index contributed by atoms with van der Waals surface area (Å²) < 4.78 is 6.73. The first-order valence-electron chi connectivity index (χ1n) is 6.52. The Bertz CT molecular complexity index is 398. The van der Waals surface area contributed by atoms with E-state index in [1.807, 2.05) is 39.3 Å². The minimum atomic E-state index is -2.16. The quantitative estimate of drug-likeness (QED) is 0.595. The maximum atomic E-state index is 12.2. The van der Waals surface area contributed by atoms with E-state index in [0.29, 0.717) is 0 Å². The molecule has 0 fully saturated rings. The van der Waals surface area contributed by atoms with Crippen LogP contribution in [0.25, 0.3) is 0 Å². The molecule has 0 heterocycles. The van der Waals surface area contributed by atoms with Crippen LogP contribution in [-0.4, -0.2) is 50.6 Å². The average Bonchev–Trinajstić information content (AvgIpc) is 2.19. The molecule has 0 rings (SSSR count). The van der Waals surface area contributed by atoms with E-state index in [9.17, 15) is 14.4 Å². The summed E-state index contributed by atoms with van der Waals surface area (Å²) in [6.07, 6.45) is 0. The van der Waals surface area contributed by atoms with Crippen LogP contribution in [-0.2, 0) is 18.8 Å². The van der Waals surface area contributed by atoms with Gasteiger partial charge in [0.15, 0.2) is 8.24 Å². The zero-order valence-electron chi connectivity index (χ0n) is 13.3. The lowest BCUT2D eigenvalue weighted by atomic mass is 10.2. The SMILES string of the molecule is CC(C(=O)O)C(=O)N(CC(=O)O[Si](C)(C)C)[Si](C)(C)C. The zero-order valence-corrected chi connectivity index (χ0v) is 15.3. The largest absolute Gasteiger partial charge is 0.519 e. The molecular weight excluding hydrogens is 294 g/mol.